The molecule has 2 aromatic rings. The third-order valence-corrected chi connectivity index (χ3v) is 3.48. The van der Waals surface area contributed by atoms with Gasteiger partial charge in [0.2, 0.25) is 0 Å². The molecule has 0 bridgehead atoms. The summed E-state index contributed by atoms with van der Waals surface area (Å²) in [5, 5.41) is 6.39. The maximum Gasteiger partial charge on any atom is 0.387 e. The van der Waals surface area contributed by atoms with E-state index in [9.17, 15) is 8.78 Å². The molecule has 8 heteroatoms. The second-order valence-electron chi connectivity index (χ2n) is 5.43. The molecule has 2 rings (SSSR count). The maximum absolute atomic E-state index is 12.3. The smallest absolute Gasteiger partial charge is 0.387 e. The molecule has 0 saturated heterocycles. The summed E-state index contributed by atoms with van der Waals surface area (Å²) in [5.74, 6) is 1.56. The van der Waals surface area contributed by atoms with Crippen molar-refractivity contribution in [2.24, 2.45) is 4.99 Å². The molecule has 0 spiro atoms. The van der Waals surface area contributed by atoms with Crippen molar-refractivity contribution < 1.29 is 18.3 Å². The van der Waals surface area contributed by atoms with Gasteiger partial charge in [-0.1, -0.05) is 24.3 Å². The number of hydrogen-bond acceptors (Lipinski definition) is 3. The second kappa shape index (κ2) is 12.3. The van der Waals surface area contributed by atoms with Crippen LogP contribution in [0.5, 0.6) is 11.5 Å². The molecule has 0 saturated carbocycles. The van der Waals surface area contributed by atoms with Crippen molar-refractivity contribution in [3.63, 3.8) is 0 Å². The van der Waals surface area contributed by atoms with Crippen molar-refractivity contribution in [1.82, 2.24) is 10.6 Å². The number of alkyl halides is 2. The summed E-state index contributed by atoms with van der Waals surface area (Å²) >= 11 is 0. The molecule has 0 aliphatic heterocycles. The molecule has 148 valence electrons. The zero-order valence-electron chi connectivity index (χ0n) is 15.2. The van der Waals surface area contributed by atoms with Gasteiger partial charge in [0.25, 0.3) is 0 Å². The standard InChI is InChI=1S/C19H23F2N3O2.HI/c1-3-22-19(23-12-14-6-4-8-16(10-14)25-2)24-13-15-7-5-9-17(11-15)26-18(20)21;/h4-11,18H,3,12-13H2,1-2H3,(H2,22,23,24);1H. The number of hydrogen-bond donors (Lipinski definition) is 2. The Morgan fingerprint density at radius 2 is 1.70 bits per heavy atom. The average molecular weight is 491 g/mol. The summed E-state index contributed by atoms with van der Waals surface area (Å²) in [4.78, 5) is 4.48. The lowest BCUT2D eigenvalue weighted by Crippen LogP contribution is -2.36. The minimum atomic E-state index is -2.84. The first kappa shape index (κ1) is 22.9. The highest BCUT2D eigenvalue weighted by Gasteiger charge is 2.05. The number of ether oxygens (including phenoxy) is 2. The zero-order chi connectivity index (χ0) is 18.8. The Morgan fingerprint density at radius 1 is 1.04 bits per heavy atom. The molecule has 2 aromatic carbocycles. The van der Waals surface area contributed by atoms with Gasteiger partial charge in [-0.2, -0.15) is 8.78 Å². The summed E-state index contributed by atoms with van der Waals surface area (Å²) in [6.45, 7) is 0.764. The summed E-state index contributed by atoms with van der Waals surface area (Å²) in [7, 11) is 1.63. The summed E-state index contributed by atoms with van der Waals surface area (Å²) < 4.78 is 34.2. The van der Waals surface area contributed by atoms with Gasteiger partial charge in [-0.05, 0) is 42.3 Å². The van der Waals surface area contributed by atoms with Crippen LogP contribution in [0.25, 0.3) is 0 Å². The molecule has 5 nitrogen and oxygen atoms in total. The number of halogens is 3. The molecule has 0 aliphatic carbocycles. The fourth-order valence-corrected chi connectivity index (χ4v) is 2.30. The van der Waals surface area contributed by atoms with Crippen LogP contribution in [-0.2, 0) is 13.1 Å². The lowest BCUT2D eigenvalue weighted by atomic mass is 10.2. The van der Waals surface area contributed by atoms with Gasteiger partial charge in [0.1, 0.15) is 11.5 Å². The second-order valence-corrected chi connectivity index (χ2v) is 5.43. The van der Waals surface area contributed by atoms with Crippen LogP contribution < -0.4 is 20.1 Å². The highest BCUT2D eigenvalue weighted by Crippen LogP contribution is 2.16. The Morgan fingerprint density at radius 3 is 2.37 bits per heavy atom. The van der Waals surface area contributed by atoms with Crippen molar-refractivity contribution in [3.8, 4) is 11.5 Å². The molecular formula is C19H24F2IN3O2. The van der Waals surface area contributed by atoms with Crippen LogP contribution >= 0.6 is 24.0 Å². The lowest BCUT2D eigenvalue weighted by Gasteiger charge is -2.12. The molecule has 0 aliphatic rings. The van der Waals surface area contributed by atoms with Gasteiger partial charge >= 0.3 is 6.61 Å². The number of guanidine groups is 1. The fourth-order valence-electron chi connectivity index (χ4n) is 2.30. The summed E-state index contributed by atoms with van der Waals surface area (Å²) in [6, 6.07) is 14.3. The number of nitrogens with one attached hydrogen (secondary N) is 2. The van der Waals surface area contributed by atoms with Crippen molar-refractivity contribution in [2.45, 2.75) is 26.6 Å². The molecule has 0 atom stereocenters. The van der Waals surface area contributed by atoms with Gasteiger partial charge in [-0.15, -0.1) is 24.0 Å². The third-order valence-electron chi connectivity index (χ3n) is 3.48. The van der Waals surface area contributed by atoms with E-state index in [0.717, 1.165) is 16.9 Å². The lowest BCUT2D eigenvalue weighted by molar-refractivity contribution is -0.0498. The molecule has 2 N–H and O–H groups in total. The van der Waals surface area contributed by atoms with Crippen LogP contribution in [0.3, 0.4) is 0 Å². The number of nitrogens with zero attached hydrogens (tertiary/aromatic N) is 1. The Labute approximate surface area is 175 Å². The molecule has 0 radical (unpaired) electrons. The Balaban J connectivity index is 0.00000364. The van der Waals surface area contributed by atoms with E-state index in [0.29, 0.717) is 25.6 Å². The van der Waals surface area contributed by atoms with Crippen molar-refractivity contribution >= 4 is 29.9 Å². The highest BCUT2D eigenvalue weighted by molar-refractivity contribution is 14.0. The predicted octanol–water partition coefficient (Wildman–Crippen LogP) is 4.17. The van der Waals surface area contributed by atoms with Crippen molar-refractivity contribution in [2.75, 3.05) is 13.7 Å². The molecule has 27 heavy (non-hydrogen) atoms. The Bertz CT molecular complexity index is 730. The van der Waals surface area contributed by atoms with E-state index in [2.05, 4.69) is 20.4 Å². The van der Waals surface area contributed by atoms with Crippen LogP contribution in [0, 0.1) is 0 Å². The summed E-state index contributed by atoms with van der Waals surface area (Å²) in [5.41, 5.74) is 1.84. The molecule has 0 amide bonds. The van der Waals surface area contributed by atoms with Crippen LogP contribution in [0.15, 0.2) is 53.5 Å². The normalized spacial score (nSPS) is 10.9. The molecule has 0 fully saturated rings. The maximum atomic E-state index is 12.3. The molecule has 0 heterocycles. The van der Waals surface area contributed by atoms with Crippen LogP contribution in [0.1, 0.15) is 18.1 Å². The number of rotatable bonds is 8. The van der Waals surface area contributed by atoms with E-state index in [4.69, 9.17) is 4.74 Å². The van der Waals surface area contributed by atoms with E-state index < -0.39 is 6.61 Å². The minimum Gasteiger partial charge on any atom is -0.497 e. The highest BCUT2D eigenvalue weighted by atomic mass is 127. The fraction of sp³-hybridized carbons (Fsp3) is 0.316. The first-order valence-corrected chi connectivity index (χ1v) is 8.29. The van der Waals surface area contributed by atoms with Crippen LogP contribution in [0.4, 0.5) is 8.78 Å². The largest absolute Gasteiger partial charge is 0.497 e. The molecular weight excluding hydrogens is 467 g/mol. The van der Waals surface area contributed by atoms with Gasteiger partial charge in [-0.25, -0.2) is 4.99 Å². The number of benzene rings is 2. The SMILES string of the molecule is CCNC(=NCc1cccc(OC(F)F)c1)NCc1cccc(OC)c1.I. The van der Waals surface area contributed by atoms with E-state index in [1.165, 1.54) is 6.07 Å². The zero-order valence-corrected chi connectivity index (χ0v) is 17.6. The number of methoxy groups -OCH3 is 1. The van der Waals surface area contributed by atoms with Gasteiger partial charge < -0.3 is 20.1 Å². The van der Waals surface area contributed by atoms with Crippen molar-refractivity contribution in [3.05, 3.63) is 59.7 Å². The molecule has 0 unspecified atom stereocenters. The van der Waals surface area contributed by atoms with Gasteiger partial charge in [0.05, 0.1) is 13.7 Å². The first-order valence-electron chi connectivity index (χ1n) is 8.29. The molecule has 0 aromatic heterocycles. The van der Waals surface area contributed by atoms with Gasteiger partial charge in [0.15, 0.2) is 5.96 Å². The number of aliphatic imine (C=N–C) groups is 1. The first-order chi connectivity index (χ1) is 12.6. The Kier molecular flexibility index (Phi) is 10.5. The average Bonchev–Trinajstić information content (AvgIpc) is 2.64. The topological polar surface area (TPSA) is 54.9 Å². The monoisotopic (exact) mass is 491 g/mol. The van der Waals surface area contributed by atoms with E-state index >= 15 is 0 Å². The van der Waals surface area contributed by atoms with E-state index in [-0.39, 0.29) is 29.7 Å². The Hall–Kier alpha value is -2.10. The quantitative estimate of drug-likeness (QED) is 0.331. The third kappa shape index (κ3) is 8.42. The van der Waals surface area contributed by atoms with Gasteiger partial charge in [0, 0.05) is 13.1 Å². The van der Waals surface area contributed by atoms with Crippen LogP contribution in [-0.4, -0.2) is 26.2 Å². The van der Waals surface area contributed by atoms with Crippen molar-refractivity contribution in [1.29, 1.82) is 0 Å². The van der Waals surface area contributed by atoms with E-state index in [1.807, 2.05) is 37.3 Å². The summed E-state index contributed by atoms with van der Waals surface area (Å²) in [6.07, 6.45) is 0. The predicted molar refractivity (Wildman–Crippen MR) is 113 cm³/mol. The van der Waals surface area contributed by atoms with E-state index in [1.54, 1.807) is 19.2 Å². The van der Waals surface area contributed by atoms with Gasteiger partial charge in [-0.3, -0.25) is 0 Å². The minimum absolute atomic E-state index is 0. The van der Waals surface area contributed by atoms with Crippen LogP contribution in [0.2, 0.25) is 0 Å².